The molecule has 0 radical (unpaired) electrons. The summed E-state index contributed by atoms with van der Waals surface area (Å²) in [7, 11) is 0. The van der Waals surface area contributed by atoms with Gasteiger partial charge in [-0.25, -0.2) is 0 Å². The van der Waals surface area contributed by atoms with Crippen molar-refractivity contribution in [3.63, 3.8) is 0 Å². The Bertz CT molecular complexity index is 619. The molecule has 0 aliphatic rings. The van der Waals surface area contributed by atoms with E-state index in [4.69, 9.17) is 28.0 Å². The van der Waals surface area contributed by atoms with Crippen molar-refractivity contribution in [1.82, 2.24) is 0 Å². The van der Waals surface area contributed by atoms with Crippen molar-refractivity contribution < 1.29 is 4.92 Å². The Balaban J connectivity index is 3.25. The molecule has 0 aliphatic heterocycles. The molecule has 1 aromatic rings. The predicted octanol–water partition coefficient (Wildman–Crippen LogP) is 1.78. The SMILES string of the molecule is Cc1cc(Cl)cc([N+](=O)[O-])c1N/N=C(\C#N)C(=N)N. The lowest BCUT2D eigenvalue weighted by molar-refractivity contribution is -0.384. The fraction of sp³-hybridized carbons (Fsp3) is 0.100. The molecule has 0 atom stereocenters. The van der Waals surface area contributed by atoms with E-state index in [0.29, 0.717) is 5.56 Å². The lowest BCUT2D eigenvalue weighted by Gasteiger charge is -2.07. The highest BCUT2D eigenvalue weighted by Gasteiger charge is 2.17. The number of hydrogen-bond donors (Lipinski definition) is 3. The van der Waals surface area contributed by atoms with E-state index >= 15 is 0 Å². The number of aryl methyl sites for hydroxylation is 1. The third kappa shape index (κ3) is 3.40. The van der Waals surface area contributed by atoms with E-state index in [0.717, 1.165) is 6.07 Å². The summed E-state index contributed by atoms with van der Waals surface area (Å²) >= 11 is 5.73. The van der Waals surface area contributed by atoms with Crippen LogP contribution in [0.25, 0.3) is 0 Å². The molecule has 0 spiro atoms. The van der Waals surface area contributed by atoms with Crippen LogP contribution < -0.4 is 11.2 Å². The van der Waals surface area contributed by atoms with Crippen LogP contribution in [0.4, 0.5) is 11.4 Å². The van der Waals surface area contributed by atoms with E-state index in [1.807, 2.05) is 0 Å². The van der Waals surface area contributed by atoms with Crippen molar-refractivity contribution in [2.24, 2.45) is 10.8 Å². The monoisotopic (exact) mass is 280 g/mol. The van der Waals surface area contributed by atoms with Gasteiger partial charge in [0.05, 0.1) is 4.92 Å². The van der Waals surface area contributed by atoms with E-state index in [1.165, 1.54) is 6.07 Å². The maximum atomic E-state index is 10.9. The summed E-state index contributed by atoms with van der Waals surface area (Å²) in [4.78, 5) is 10.3. The largest absolute Gasteiger partial charge is 0.382 e. The van der Waals surface area contributed by atoms with Crippen LogP contribution in [0.15, 0.2) is 17.2 Å². The maximum absolute atomic E-state index is 10.9. The van der Waals surface area contributed by atoms with E-state index < -0.39 is 10.8 Å². The van der Waals surface area contributed by atoms with Gasteiger partial charge in [-0.15, -0.1) is 0 Å². The van der Waals surface area contributed by atoms with Gasteiger partial charge >= 0.3 is 0 Å². The number of nitro benzene ring substituents is 1. The molecule has 98 valence electrons. The molecule has 8 nitrogen and oxygen atoms in total. The molecule has 0 saturated heterocycles. The number of nitrogens with two attached hydrogens (primary N) is 1. The zero-order chi connectivity index (χ0) is 14.6. The van der Waals surface area contributed by atoms with Crippen molar-refractivity contribution >= 4 is 34.5 Å². The topological polar surface area (TPSA) is 141 Å². The first-order chi connectivity index (χ1) is 8.86. The number of halogens is 1. The summed E-state index contributed by atoms with van der Waals surface area (Å²) in [5.41, 5.74) is 7.38. The molecular formula is C10H9ClN6O2. The summed E-state index contributed by atoms with van der Waals surface area (Å²) < 4.78 is 0. The van der Waals surface area contributed by atoms with Crippen molar-refractivity contribution in [1.29, 1.82) is 10.7 Å². The third-order valence-corrected chi connectivity index (χ3v) is 2.33. The molecule has 1 rings (SSSR count). The van der Waals surface area contributed by atoms with Gasteiger partial charge in [-0.3, -0.25) is 20.9 Å². The number of anilines is 1. The number of rotatable bonds is 4. The summed E-state index contributed by atoms with van der Waals surface area (Å²) in [6.07, 6.45) is 0. The molecule has 0 aromatic heterocycles. The van der Waals surface area contributed by atoms with Gasteiger partial charge < -0.3 is 5.73 Å². The van der Waals surface area contributed by atoms with Crippen molar-refractivity contribution in [3.05, 3.63) is 32.8 Å². The zero-order valence-electron chi connectivity index (χ0n) is 9.77. The van der Waals surface area contributed by atoms with Crippen LogP contribution in [0.3, 0.4) is 0 Å². The van der Waals surface area contributed by atoms with Gasteiger partial charge in [0.2, 0.25) is 5.71 Å². The molecule has 0 saturated carbocycles. The molecular weight excluding hydrogens is 272 g/mol. The Morgan fingerprint density at radius 2 is 2.32 bits per heavy atom. The minimum atomic E-state index is -0.628. The highest BCUT2D eigenvalue weighted by atomic mass is 35.5. The van der Waals surface area contributed by atoms with Crippen molar-refractivity contribution in [3.8, 4) is 6.07 Å². The van der Waals surface area contributed by atoms with Crippen molar-refractivity contribution in [2.75, 3.05) is 5.43 Å². The van der Waals surface area contributed by atoms with Gasteiger partial charge in [0, 0.05) is 11.1 Å². The highest BCUT2D eigenvalue weighted by molar-refractivity contribution is 6.45. The smallest absolute Gasteiger partial charge is 0.295 e. The molecule has 4 N–H and O–H groups in total. The fourth-order valence-corrected chi connectivity index (χ4v) is 1.54. The maximum Gasteiger partial charge on any atom is 0.295 e. The van der Waals surface area contributed by atoms with Crippen LogP contribution in [-0.4, -0.2) is 16.5 Å². The lowest BCUT2D eigenvalue weighted by atomic mass is 10.2. The van der Waals surface area contributed by atoms with Crippen LogP contribution >= 0.6 is 11.6 Å². The number of hydrogen-bond acceptors (Lipinski definition) is 6. The second kappa shape index (κ2) is 5.79. The minimum absolute atomic E-state index is 0.0865. The Kier molecular flexibility index (Phi) is 4.39. The van der Waals surface area contributed by atoms with E-state index in [1.54, 1.807) is 13.0 Å². The predicted molar refractivity (Wildman–Crippen MR) is 71.4 cm³/mol. The van der Waals surface area contributed by atoms with Gasteiger partial charge in [0.1, 0.15) is 11.8 Å². The number of nitriles is 1. The molecule has 0 amide bonds. The molecule has 0 bridgehead atoms. The molecule has 0 aliphatic carbocycles. The minimum Gasteiger partial charge on any atom is -0.382 e. The first kappa shape index (κ1) is 14.4. The molecule has 9 heteroatoms. The summed E-state index contributed by atoms with van der Waals surface area (Å²) in [6, 6.07) is 4.26. The number of nitro groups is 1. The van der Waals surface area contributed by atoms with Crippen molar-refractivity contribution in [2.45, 2.75) is 6.92 Å². The number of nitrogens with one attached hydrogen (secondary N) is 2. The quantitative estimate of drug-likeness (QED) is 0.333. The average molecular weight is 281 g/mol. The third-order valence-electron chi connectivity index (χ3n) is 2.12. The second-order valence-electron chi connectivity index (χ2n) is 3.47. The second-order valence-corrected chi connectivity index (χ2v) is 3.91. The molecule has 1 aromatic carbocycles. The highest BCUT2D eigenvalue weighted by Crippen LogP contribution is 2.31. The van der Waals surface area contributed by atoms with Gasteiger partial charge in [0.15, 0.2) is 5.84 Å². The van der Waals surface area contributed by atoms with Crippen LogP contribution in [0.1, 0.15) is 5.56 Å². The molecule has 0 unspecified atom stereocenters. The zero-order valence-corrected chi connectivity index (χ0v) is 10.5. The summed E-state index contributed by atoms with van der Waals surface area (Å²) in [6.45, 7) is 1.59. The summed E-state index contributed by atoms with van der Waals surface area (Å²) in [5, 5.41) is 30.4. The number of benzene rings is 1. The Hall–Kier alpha value is -2.66. The summed E-state index contributed by atoms with van der Waals surface area (Å²) in [5.74, 6) is -0.538. The fourth-order valence-electron chi connectivity index (χ4n) is 1.27. The van der Waals surface area contributed by atoms with Gasteiger partial charge in [-0.1, -0.05) is 11.6 Å². The molecule has 0 fully saturated rings. The first-order valence-corrected chi connectivity index (χ1v) is 5.27. The van der Waals surface area contributed by atoms with Crippen LogP contribution in [0.5, 0.6) is 0 Å². The van der Waals surface area contributed by atoms with E-state index in [-0.39, 0.29) is 22.1 Å². The Labute approximate surface area is 113 Å². The van der Waals surface area contributed by atoms with Gasteiger partial charge in [-0.05, 0) is 18.6 Å². The Morgan fingerprint density at radius 1 is 1.68 bits per heavy atom. The van der Waals surface area contributed by atoms with Gasteiger partial charge in [-0.2, -0.15) is 10.4 Å². The van der Waals surface area contributed by atoms with Crippen LogP contribution in [0.2, 0.25) is 5.02 Å². The Morgan fingerprint density at radius 3 is 2.79 bits per heavy atom. The number of hydrazone groups is 1. The molecule has 19 heavy (non-hydrogen) atoms. The standard InChI is InChI=1S/C10H9ClN6O2/c1-5-2-6(11)3-8(17(18)19)9(5)16-15-7(4-12)10(13)14/h2-3,16H,1H3,(H3,13,14)/b15-7+. The van der Waals surface area contributed by atoms with Crippen LogP contribution in [0, 0.1) is 33.8 Å². The molecule has 0 heterocycles. The van der Waals surface area contributed by atoms with E-state index in [2.05, 4.69) is 10.5 Å². The van der Waals surface area contributed by atoms with Crippen LogP contribution in [-0.2, 0) is 0 Å². The average Bonchev–Trinajstić information content (AvgIpc) is 2.30. The number of amidine groups is 1. The number of nitrogens with zero attached hydrogens (tertiary/aromatic N) is 3. The van der Waals surface area contributed by atoms with Gasteiger partial charge in [0.25, 0.3) is 5.69 Å². The lowest BCUT2D eigenvalue weighted by Crippen LogP contribution is -2.22. The normalized spacial score (nSPS) is 10.7. The first-order valence-electron chi connectivity index (χ1n) is 4.89. The van der Waals surface area contributed by atoms with E-state index in [9.17, 15) is 10.1 Å².